The van der Waals surface area contributed by atoms with Gasteiger partial charge in [0.05, 0.1) is 5.52 Å². The molecule has 1 N–H and O–H groups in total. The van der Waals surface area contributed by atoms with Gasteiger partial charge in [-0.15, -0.1) is 0 Å². The Kier molecular flexibility index (Phi) is 4.95. The van der Waals surface area contributed by atoms with Crippen molar-refractivity contribution >= 4 is 16.9 Å². The summed E-state index contributed by atoms with van der Waals surface area (Å²) >= 11 is 0. The third kappa shape index (κ3) is 3.34. The van der Waals surface area contributed by atoms with Crippen LogP contribution in [-0.2, 0) is 13.5 Å². The van der Waals surface area contributed by atoms with Crippen molar-refractivity contribution in [2.45, 2.75) is 45.4 Å². The van der Waals surface area contributed by atoms with Gasteiger partial charge in [0.15, 0.2) is 0 Å². The van der Waals surface area contributed by atoms with Crippen LogP contribution in [0.2, 0.25) is 0 Å². The van der Waals surface area contributed by atoms with Crippen LogP contribution in [0.1, 0.15) is 60.6 Å². The first kappa shape index (κ1) is 17.0. The molecule has 2 aromatic rings. The average molecular weight is 328 g/mol. The summed E-state index contributed by atoms with van der Waals surface area (Å²) in [6, 6.07) is 6.27. The van der Waals surface area contributed by atoms with E-state index in [-0.39, 0.29) is 0 Å². The number of aryl methyl sites for hydroxylation is 1. The minimum absolute atomic E-state index is 0.361. The number of benzene rings is 1. The molecule has 0 spiro atoms. The maximum atomic E-state index is 11.5. The normalized spacial score (nSPS) is 16.2. The molecule has 2 heterocycles. The van der Waals surface area contributed by atoms with E-state index < -0.39 is 5.97 Å². The Hall–Kier alpha value is -1.81. The van der Waals surface area contributed by atoms with Crippen LogP contribution < -0.4 is 0 Å². The molecule has 1 fully saturated rings. The number of carboxylic acids is 1. The molecule has 0 bridgehead atoms. The van der Waals surface area contributed by atoms with Gasteiger partial charge in [0, 0.05) is 19.0 Å². The summed E-state index contributed by atoms with van der Waals surface area (Å²) < 4.78 is 1.82. The molecule has 0 unspecified atom stereocenters. The summed E-state index contributed by atoms with van der Waals surface area (Å²) in [4.78, 5) is 14.0. The summed E-state index contributed by atoms with van der Waals surface area (Å²) in [6.45, 7) is 7.89. The van der Waals surface area contributed by atoms with Gasteiger partial charge in [0.25, 0.3) is 0 Å². The number of piperidine rings is 1. The van der Waals surface area contributed by atoms with Gasteiger partial charge < -0.3 is 14.6 Å². The average Bonchev–Trinajstić information content (AvgIpc) is 2.90. The largest absolute Gasteiger partial charge is 0.477 e. The Morgan fingerprint density at radius 1 is 1.17 bits per heavy atom. The maximum Gasteiger partial charge on any atom is 0.352 e. The van der Waals surface area contributed by atoms with E-state index >= 15 is 0 Å². The quantitative estimate of drug-likeness (QED) is 0.901. The lowest BCUT2D eigenvalue weighted by Crippen LogP contribution is -2.31. The Balaban J connectivity index is 1.92. The van der Waals surface area contributed by atoms with E-state index in [1.165, 1.54) is 43.5 Å². The number of rotatable bonds is 5. The fourth-order valence-corrected chi connectivity index (χ4v) is 3.87. The van der Waals surface area contributed by atoms with Gasteiger partial charge in [0.1, 0.15) is 5.69 Å². The van der Waals surface area contributed by atoms with Crippen molar-refractivity contribution in [3.05, 3.63) is 35.0 Å². The second-order valence-corrected chi connectivity index (χ2v) is 7.32. The predicted molar refractivity (Wildman–Crippen MR) is 98.0 cm³/mol. The van der Waals surface area contributed by atoms with Crippen LogP contribution in [0, 0.1) is 0 Å². The van der Waals surface area contributed by atoms with Crippen LogP contribution in [0.5, 0.6) is 0 Å². The minimum atomic E-state index is -0.863. The third-order valence-corrected chi connectivity index (χ3v) is 5.22. The summed E-state index contributed by atoms with van der Waals surface area (Å²) in [5.41, 5.74) is 3.99. The molecule has 0 amide bonds. The Morgan fingerprint density at radius 2 is 1.88 bits per heavy atom. The maximum absolute atomic E-state index is 11.5. The molecule has 0 atom stereocenters. The van der Waals surface area contributed by atoms with E-state index in [1.807, 2.05) is 17.7 Å². The van der Waals surface area contributed by atoms with Crippen molar-refractivity contribution in [2.75, 3.05) is 19.6 Å². The van der Waals surface area contributed by atoms with Gasteiger partial charge in [-0.05, 0) is 61.5 Å². The number of fused-ring (bicyclic) bond motifs is 1. The van der Waals surface area contributed by atoms with Crippen molar-refractivity contribution in [1.29, 1.82) is 0 Å². The highest BCUT2D eigenvalue weighted by Gasteiger charge is 2.18. The highest BCUT2D eigenvalue weighted by molar-refractivity contribution is 5.96. The SMILES string of the molecule is CC(C)c1cc(CCN2CCCCC2)cc2cc(C(=O)O)n(C)c12. The Bertz CT molecular complexity index is 740. The van der Waals surface area contributed by atoms with Gasteiger partial charge in [-0.1, -0.05) is 26.3 Å². The molecule has 1 saturated heterocycles. The summed E-state index contributed by atoms with van der Waals surface area (Å²) in [5, 5.41) is 10.5. The van der Waals surface area contributed by atoms with Crippen molar-refractivity contribution in [2.24, 2.45) is 7.05 Å². The molecule has 1 aliphatic rings. The van der Waals surface area contributed by atoms with E-state index in [9.17, 15) is 9.90 Å². The van der Waals surface area contributed by atoms with Crippen molar-refractivity contribution in [3.8, 4) is 0 Å². The van der Waals surface area contributed by atoms with Crippen LogP contribution >= 0.6 is 0 Å². The van der Waals surface area contributed by atoms with Gasteiger partial charge >= 0.3 is 5.97 Å². The molecule has 0 radical (unpaired) electrons. The highest BCUT2D eigenvalue weighted by atomic mass is 16.4. The number of hydrogen-bond donors (Lipinski definition) is 1. The zero-order valence-corrected chi connectivity index (χ0v) is 15.0. The second kappa shape index (κ2) is 6.98. The number of aromatic nitrogens is 1. The molecule has 3 rings (SSSR count). The van der Waals surface area contributed by atoms with Crippen LogP contribution in [-0.4, -0.2) is 40.2 Å². The molecular weight excluding hydrogens is 300 g/mol. The third-order valence-electron chi connectivity index (χ3n) is 5.22. The van der Waals surface area contributed by atoms with Crippen LogP contribution in [0.4, 0.5) is 0 Å². The number of aromatic carboxylic acids is 1. The predicted octanol–water partition coefficient (Wildman–Crippen LogP) is 4.03. The number of likely N-dealkylation sites (tertiary alicyclic amines) is 1. The van der Waals surface area contributed by atoms with Crippen LogP contribution in [0.3, 0.4) is 0 Å². The summed E-state index contributed by atoms with van der Waals surface area (Å²) in [6.07, 6.45) is 5.03. The first-order valence-corrected chi connectivity index (χ1v) is 9.05. The molecule has 4 heteroatoms. The lowest BCUT2D eigenvalue weighted by molar-refractivity contribution is 0.0687. The first-order valence-electron chi connectivity index (χ1n) is 9.05. The van der Waals surface area contributed by atoms with Crippen LogP contribution in [0.25, 0.3) is 10.9 Å². The zero-order chi connectivity index (χ0) is 17.3. The molecule has 24 heavy (non-hydrogen) atoms. The Labute approximate surface area is 144 Å². The van der Waals surface area contributed by atoms with Gasteiger partial charge in [-0.25, -0.2) is 4.79 Å². The van der Waals surface area contributed by atoms with Crippen LogP contribution in [0.15, 0.2) is 18.2 Å². The molecule has 0 saturated carbocycles. The van der Waals surface area contributed by atoms with Gasteiger partial charge in [-0.3, -0.25) is 0 Å². The van der Waals surface area contributed by atoms with E-state index in [1.54, 1.807) is 0 Å². The second-order valence-electron chi connectivity index (χ2n) is 7.32. The van der Waals surface area contributed by atoms with Gasteiger partial charge in [0.2, 0.25) is 0 Å². The minimum Gasteiger partial charge on any atom is -0.477 e. The van der Waals surface area contributed by atoms with E-state index in [4.69, 9.17) is 0 Å². The van der Waals surface area contributed by atoms with E-state index in [0.717, 1.165) is 23.9 Å². The molecule has 1 aromatic carbocycles. The first-order chi connectivity index (χ1) is 11.5. The fourth-order valence-electron chi connectivity index (χ4n) is 3.87. The van der Waals surface area contributed by atoms with Crippen molar-refractivity contribution in [3.63, 3.8) is 0 Å². The van der Waals surface area contributed by atoms with E-state index in [2.05, 4.69) is 30.9 Å². The topological polar surface area (TPSA) is 45.5 Å². The summed E-state index contributed by atoms with van der Waals surface area (Å²) in [7, 11) is 1.85. The zero-order valence-electron chi connectivity index (χ0n) is 15.0. The van der Waals surface area contributed by atoms with Crippen molar-refractivity contribution < 1.29 is 9.90 Å². The van der Waals surface area contributed by atoms with E-state index in [0.29, 0.717) is 11.6 Å². The summed E-state index contributed by atoms with van der Waals surface area (Å²) in [5.74, 6) is -0.490. The highest BCUT2D eigenvalue weighted by Crippen LogP contribution is 2.30. The number of carboxylic acid groups (broad SMARTS) is 1. The number of nitrogens with zero attached hydrogens (tertiary/aromatic N) is 2. The standard InChI is InChI=1S/C20H28N2O2/c1-14(2)17-12-15(7-10-22-8-5-4-6-9-22)11-16-13-18(20(23)24)21(3)19(16)17/h11-14H,4-10H2,1-3H3,(H,23,24). The van der Waals surface area contributed by atoms with Gasteiger partial charge in [-0.2, -0.15) is 0 Å². The molecule has 1 aliphatic heterocycles. The fraction of sp³-hybridized carbons (Fsp3) is 0.550. The number of hydrogen-bond acceptors (Lipinski definition) is 2. The Morgan fingerprint density at radius 3 is 2.50 bits per heavy atom. The molecule has 0 aliphatic carbocycles. The lowest BCUT2D eigenvalue weighted by atomic mass is 9.96. The molecule has 130 valence electrons. The number of carbonyl (C=O) groups is 1. The molecule has 4 nitrogen and oxygen atoms in total. The molecule has 1 aromatic heterocycles. The van der Waals surface area contributed by atoms with Crippen molar-refractivity contribution in [1.82, 2.24) is 9.47 Å². The molecular formula is C20H28N2O2. The lowest BCUT2D eigenvalue weighted by Gasteiger charge is -2.26. The monoisotopic (exact) mass is 328 g/mol. The smallest absolute Gasteiger partial charge is 0.352 e.